The van der Waals surface area contributed by atoms with Gasteiger partial charge in [-0.2, -0.15) is 5.26 Å². The van der Waals surface area contributed by atoms with Gasteiger partial charge < -0.3 is 19.2 Å². The Morgan fingerprint density at radius 2 is 1.75 bits per heavy atom. The number of hydrogen-bond donors (Lipinski definition) is 1. The van der Waals surface area contributed by atoms with Gasteiger partial charge in [0.05, 0.1) is 6.61 Å². The minimum Gasteiger partial charge on any atom is -0.494 e. The van der Waals surface area contributed by atoms with Crippen molar-refractivity contribution < 1.29 is 19.0 Å². The Bertz CT molecular complexity index is 910. The molecule has 0 saturated carbocycles. The Morgan fingerprint density at radius 3 is 2.36 bits per heavy atom. The second-order valence-corrected chi connectivity index (χ2v) is 6.14. The quantitative estimate of drug-likeness (QED) is 0.527. The second kappa shape index (κ2) is 10.2. The highest BCUT2D eigenvalue weighted by Gasteiger charge is 2.13. The molecule has 0 atom stereocenters. The van der Waals surface area contributed by atoms with Crippen molar-refractivity contribution in [1.29, 1.82) is 5.26 Å². The van der Waals surface area contributed by atoms with Crippen LogP contribution in [0, 0.1) is 25.2 Å². The first-order valence-electron chi connectivity index (χ1n) is 9.10. The maximum absolute atomic E-state index is 12.0. The average molecular weight is 384 g/mol. The molecule has 2 aromatic rings. The molecule has 7 heteroatoms. The van der Waals surface area contributed by atoms with Gasteiger partial charge in [0.25, 0.3) is 5.56 Å². The fourth-order valence-corrected chi connectivity index (χ4v) is 2.83. The van der Waals surface area contributed by atoms with Crippen molar-refractivity contribution in [2.75, 3.05) is 19.8 Å². The zero-order valence-corrected chi connectivity index (χ0v) is 16.3. The molecule has 2 rings (SSSR count). The van der Waals surface area contributed by atoms with Gasteiger partial charge in [-0.25, -0.2) is 0 Å². The first-order valence-corrected chi connectivity index (χ1v) is 9.10. The van der Waals surface area contributed by atoms with Crippen LogP contribution in [0.15, 0.2) is 29.1 Å². The lowest BCUT2D eigenvalue weighted by atomic mass is 9.99. The monoisotopic (exact) mass is 384 g/mol. The topological polar surface area (TPSA) is 101 Å². The third kappa shape index (κ3) is 5.61. The lowest BCUT2D eigenvalue weighted by molar-refractivity contribution is -0.144. The minimum absolute atomic E-state index is 0.0812. The van der Waals surface area contributed by atoms with Crippen molar-refractivity contribution in [1.82, 2.24) is 4.98 Å². The summed E-state index contributed by atoms with van der Waals surface area (Å²) in [5, 5.41) is 9.09. The number of esters is 1. The molecule has 1 aromatic heterocycles. The van der Waals surface area contributed by atoms with Crippen molar-refractivity contribution in [3.05, 3.63) is 57.0 Å². The predicted molar refractivity (Wildman–Crippen MR) is 104 cm³/mol. The Labute approximate surface area is 163 Å². The first-order chi connectivity index (χ1) is 13.5. The summed E-state index contributed by atoms with van der Waals surface area (Å²) >= 11 is 0. The molecule has 0 radical (unpaired) electrons. The number of aromatic nitrogens is 1. The molecule has 7 nitrogen and oxygen atoms in total. The molecular weight excluding hydrogens is 360 g/mol. The zero-order valence-electron chi connectivity index (χ0n) is 16.3. The van der Waals surface area contributed by atoms with Gasteiger partial charge in [-0.1, -0.05) is 0 Å². The van der Waals surface area contributed by atoms with Crippen molar-refractivity contribution in [3.63, 3.8) is 0 Å². The van der Waals surface area contributed by atoms with Crippen LogP contribution in [0.4, 0.5) is 0 Å². The normalized spacial score (nSPS) is 10.2. The Balaban J connectivity index is 1.78. The van der Waals surface area contributed by atoms with Crippen LogP contribution in [-0.4, -0.2) is 30.8 Å². The van der Waals surface area contributed by atoms with E-state index in [0.29, 0.717) is 30.0 Å². The summed E-state index contributed by atoms with van der Waals surface area (Å²) in [6.45, 7) is 6.37. The highest BCUT2D eigenvalue weighted by Crippen LogP contribution is 2.17. The van der Waals surface area contributed by atoms with E-state index in [-0.39, 0.29) is 31.2 Å². The molecule has 0 aliphatic rings. The number of nitriles is 1. The van der Waals surface area contributed by atoms with Crippen LogP contribution in [0.3, 0.4) is 0 Å². The van der Waals surface area contributed by atoms with Gasteiger partial charge >= 0.3 is 5.97 Å². The number of nitrogens with one attached hydrogen (secondary N) is 1. The highest BCUT2D eigenvalue weighted by molar-refractivity contribution is 5.69. The molecule has 1 N–H and O–H groups in total. The van der Waals surface area contributed by atoms with E-state index in [2.05, 4.69) is 4.98 Å². The minimum atomic E-state index is -0.407. The Kier molecular flexibility index (Phi) is 7.64. The van der Waals surface area contributed by atoms with Crippen molar-refractivity contribution in [3.8, 4) is 17.6 Å². The van der Waals surface area contributed by atoms with Crippen molar-refractivity contribution in [2.24, 2.45) is 0 Å². The molecule has 1 aromatic carbocycles. The zero-order chi connectivity index (χ0) is 20.5. The summed E-state index contributed by atoms with van der Waals surface area (Å²) in [5.41, 5.74) is 1.73. The predicted octanol–water partition coefficient (Wildman–Crippen LogP) is 2.82. The largest absolute Gasteiger partial charge is 0.494 e. The van der Waals surface area contributed by atoms with Crippen LogP contribution in [0.5, 0.6) is 11.5 Å². The number of pyridine rings is 1. The summed E-state index contributed by atoms with van der Waals surface area (Å²) < 4.78 is 16.1. The molecule has 0 unspecified atom stereocenters. The van der Waals surface area contributed by atoms with Crippen LogP contribution in [-0.2, 0) is 16.0 Å². The van der Waals surface area contributed by atoms with Gasteiger partial charge in [-0.3, -0.25) is 9.59 Å². The summed E-state index contributed by atoms with van der Waals surface area (Å²) in [4.78, 5) is 26.3. The average Bonchev–Trinajstić information content (AvgIpc) is 2.66. The van der Waals surface area contributed by atoms with Crippen LogP contribution in [0.2, 0.25) is 0 Å². The molecule has 1 heterocycles. The fourth-order valence-electron chi connectivity index (χ4n) is 2.83. The van der Waals surface area contributed by atoms with Gasteiger partial charge in [0.15, 0.2) is 0 Å². The number of ether oxygens (including phenoxy) is 3. The SMILES string of the molecule is CCOc1ccc(OCCOC(=O)CCc2c(C)[nH]c(=O)c(C#N)c2C)cc1. The third-order valence-electron chi connectivity index (χ3n) is 4.25. The van der Waals surface area contributed by atoms with Crippen LogP contribution < -0.4 is 15.0 Å². The van der Waals surface area contributed by atoms with E-state index in [1.54, 1.807) is 26.0 Å². The molecule has 0 spiro atoms. The molecule has 0 aliphatic heterocycles. The number of rotatable bonds is 9. The number of carbonyl (C=O) groups is 1. The van der Waals surface area contributed by atoms with Gasteiger partial charge in [0.1, 0.15) is 36.3 Å². The van der Waals surface area contributed by atoms with Crippen molar-refractivity contribution >= 4 is 5.97 Å². The van der Waals surface area contributed by atoms with Gasteiger partial charge in [-0.05, 0) is 62.6 Å². The lowest BCUT2D eigenvalue weighted by Crippen LogP contribution is -2.18. The molecular formula is C21H24N2O5. The first kappa shape index (κ1) is 21.0. The summed E-state index contributed by atoms with van der Waals surface area (Å²) in [5.74, 6) is 1.08. The van der Waals surface area contributed by atoms with Gasteiger partial charge in [0, 0.05) is 12.1 Å². The maximum atomic E-state index is 12.0. The smallest absolute Gasteiger partial charge is 0.306 e. The molecule has 148 valence electrons. The number of hydrogen-bond acceptors (Lipinski definition) is 6. The van der Waals surface area contributed by atoms with E-state index >= 15 is 0 Å². The Hall–Kier alpha value is -3.27. The number of carbonyl (C=O) groups excluding carboxylic acids is 1. The number of benzene rings is 1. The van der Waals surface area contributed by atoms with Gasteiger partial charge in [-0.15, -0.1) is 0 Å². The maximum Gasteiger partial charge on any atom is 0.306 e. The Morgan fingerprint density at radius 1 is 1.11 bits per heavy atom. The number of H-pyrrole nitrogens is 1. The molecule has 0 saturated heterocycles. The van der Waals surface area contributed by atoms with E-state index in [1.807, 2.05) is 25.1 Å². The molecule has 0 bridgehead atoms. The number of aryl methyl sites for hydroxylation is 1. The third-order valence-corrected chi connectivity index (χ3v) is 4.25. The van der Waals surface area contributed by atoms with E-state index < -0.39 is 5.56 Å². The second-order valence-electron chi connectivity index (χ2n) is 6.14. The van der Waals surface area contributed by atoms with Crippen LogP contribution in [0.1, 0.15) is 35.7 Å². The summed E-state index contributed by atoms with van der Waals surface area (Å²) in [6.07, 6.45) is 0.545. The van der Waals surface area contributed by atoms with Crippen LogP contribution >= 0.6 is 0 Å². The molecule has 0 amide bonds. The van der Waals surface area contributed by atoms with E-state index in [1.165, 1.54) is 0 Å². The van der Waals surface area contributed by atoms with Crippen LogP contribution in [0.25, 0.3) is 0 Å². The molecule has 0 fully saturated rings. The van der Waals surface area contributed by atoms with E-state index in [4.69, 9.17) is 19.5 Å². The lowest BCUT2D eigenvalue weighted by Gasteiger charge is -2.11. The highest BCUT2D eigenvalue weighted by atomic mass is 16.6. The van der Waals surface area contributed by atoms with E-state index in [0.717, 1.165) is 11.3 Å². The number of nitrogens with zero attached hydrogens (tertiary/aromatic N) is 1. The van der Waals surface area contributed by atoms with E-state index in [9.17, 15) is 9.59 Å². The molecule has 0 aliphatic carbocycles. The summed E-state index contributed by atoms with van der Waals surface area (Å²) in [6, 6.07) is 9.12. The standard InChI is InChI=1S/C21H24N2O5/c1-4-26-16-5-7-17(8-6-16)27-11-12-28-20(24)10-9-18-14(2)19(13-22)21(25)23-15(18)3/h5-8H,4,9-12H2,1-3H3,(H,23,25). The van der Waals surface area contributed by atoms with Crippen molar-refractivity contribution in [2.45, 2.75) is 33.6 Å². The number of aromatic amines is 1. The fraction of sp³-hybridized carbons (Fsp3) is 0.381. The molecule has 28 heavy (non-hydrogen) atoms. The van der Waals surface area contributed by atoms with Gasteiger partial charge in [0.2, 0.25) is 0 Å². The summed E-state index contributed by atoms with van der Waals surface area (Å²) in [7, 11) is 0.